The molecule has 1 atom stereocenters. The van der Waals surface area contributed by atoms with Crippen LogP contribution in [0.2, 0.25) is 0 Å². The number of benzene rings is 2. The minimum Gasteiger partial charge on any atom is -0.490 e. The summed E-state index contributed by atoms with van der Waals surface area (Å²) in [5, 5.41) is 3.82. The predicted octanol–water partition coefficient (Wildman–Crippen LogP) is 5.71. The highest BCUT2D eigenvalue weighted by Gasteiger charge is 2.19. The van der Waals surface area contributed by atoms with Gasteiger partial charge in [-0.15, -0.1) is 0 Å². The van der Waals surface area contributed by atoms with Gasteiger partial charge in [0.2, 0.25) is 17.5 Å². The summed E-state index contributed by atoms with van der Waals surface area (Å²) in [4.78, 5) is 12.6. The summed E-state index contributed by atoms with van der Waals surface area (Å²) in [5.74, 6) is 3.70. The van der Waals surface area contributed by atoms with Crippen LogP contribution in [0.5, 0.6) is 17.2 Å². The first-order valence-corrected chi connectivity index (χ1v) is 10.8. The van der Waals surface area contributed by atoms with Crippen molar-refractivity contribution in [3.05, 3.63) is 77.9 Å². The van der Waals surface area contributed by atoms with Crippen LogP contribution in [0.15, 0.2) is 65.4 Å². The summed E-state index contributed by atoms with van der Waals surface area (Å²) in [6, 6.07) is 16.5. The number of ether oxygens (including phenoxy) is 2. The lowest BCUT2D eigenvalue weighted by atomic mass is 9.93. The first-order valence-electron chi connectivity index (χ1n) is 10.8. The van der Waals surface area contributed by atoms with Gasteiger partial charge >= 0.3 is 0 Å². The van der Waals surface area contributed by atoms with E-state index in [4.69, 9.17) is 14.0 Å². The van der Waals surface area contributed by atoms with Crippen LogP contribution in [0.1, 0.15) is 49.1 Å². The van der Waals surface area contributed by atoms with Crippen molar-refractivity contribution in [3.8, 4) is 28.9 Å². The fourth-order valence-corrected chi connectivity index (χ4v) is 3.54. The van der Waals surface area contributed by atoms with E-state index >= 15 is 0 Å². The minimum atomic E-state index is 0.267. The maximum absolute atomic E-state index is 5.96. The highest BCUT2D eigenvalue weighted by molar-refractivity contribution is 5.43. The zero-order valence-corrected chi connectivity index (χ0v) is 18.1. The average molecular weight is 428 g/mol. The number of nitrogens with zero attached hydrogens (tertiary/aromatic N) is 4. The van der Waals surface area contributed by atoms with Crippen molar-refractivity contribution in [2.24, 2.45) is 0 Å². The van der Waals surface area contributed by atoms with E-state index < -0.39 is 0 Å². The molecule has 0 saturated heterocycles. The Bertz CT molecular complexity index is 1170. The number of aryl methyl sites for hydroxylation is 1. The lowest BCUT2D eigenvalue weighted by molar-refractivity contribution is 0.120. The Morgan fingerprint density at radius 3 is 2.00 bits per heavy atom. The van der Waals surface area contributed by atoms with Crippen molar-refractivity contribution >= 4 is 0 Å². The zero-order chi connectivity index (χ0) is 21.9. The molecule has 4 aromatic rings. The second-order valence-electron chi connectivity index (χ2n) is 8.01. The maximum atomic E-state index is 5.96. The van der Waals surface area contributed by atoms with Gasteiger partial charge in [-0.3, -0.25) is 0 Å². The van der Waals surface area contributed by atoms with Crippen LogP contribution >= 0.6 is 0 Å². The Kier molecular flexibility index (Phi) is 5.54. The molecule has 2 heterocycles. The molecule has 1 aliphatic carbocycles. The Morgan fingerprint density at radius 2 is 1.47 bits per heavy atom. The molecule has 2 aromatic carbocycles. The van der Waals surface area contributed by atoms with Crippen LogP contribution in [0, 0.1) is 6.92 Å². The molecule has 162 valence electrons. The monoisotopic (exact) mass is 428 g/mol. The summed E-state index contributed by atoms with van der Waals surface area (Å²) in [6.07, 6.45) is 7.20. The first-order chi connectivity index (χ1) is 15.6. The SMILES string of the molecule is Cc1nc(-c2ncc(Oc3ccc(C(C)c4ccc(OC5CCC5)cc4)cc3)cn2)no1. The van der Waals surface area contributed by atoms with Gasteiger partial charge in [0.15, 0.2) is 5.75 Å². The summed E-state index contributed by atoms with van der Waals surface area (Å²) in [6.45, 7) is 3.92. The van der Waals surface area contributed by atoms with E-state index in [0.717, 1.165) is 11.5 Å². The van der Waals surface area contributed by atoms with E-state index in [-0.39, 0.29) is 5.92 Å². The second-order valence-corrected chi connectivity index (χ2v) is 8.01. The van der Waals surface area contributed by atoms with E-state index in [1.807, 2.05) is 12.1 Å². The van der Waals surface area contributed by atoms with E-state index in [1.165, 1.54) is 30.4 Å². The van der Waals surface area contributed by atoms with Gasteiger partial charge in [0, 0.05) is 12.8 Å². The summed E-state index contributed by atoms with van der Waals surface area (Å²) in [7, 11) is 0. The van der Waals surface area contributed by atoms with E-state index in [9.17, 15) is 0 Å². The molecule has 7 nitrogen and oxygen atoms in total. The number of hydrogen-bond acceptors (Lipinski definition) is 7. The molecule has 1 saturated carbocycles. The molecule has 0 radical (unpaired) electrons. The van der Waals surface area contributed by atoms with Gasteiger partial charge in [-0.2, -0.15) is 4.98 Å². The van der Waals surface area contributed by atoms with Crippen molar-refractivity contribution in [3.63, 3.8) is 0 Å². The largest absolute Gasteiger partial charge is 0.490 e. The number of hydrogen-bond donors (Lipinski definition) is 0. The minimum absolute atomic E-state index is 0.267. The van der Waals surface area contributed by atoms with Gasteiger partial charge in [-0.25, -0.2) is 9.97 Å². The van der Waals surface area contributed by atoms with Gasteiger partial charge in [-0.1, -0.05) is 36.3 Å². The van der Waals surface area contributed by atoms with Crippen LogP contribution in [0.3, 0.4) is 0 Å². The molecular formula is C25H24N4O3. The summed E-state index contributed by atoms with van der Waals surface area (Å²) >= 11 is 0. The van der Waals surface area contributed by atoms with Gasteiger partial charge in [0.1, 0.15) is 11.5 Å². The zero-order valence-electron chi connectivity index (χ0n) is 18.1. The predicted molar refractivity (Wildman–Crippen MR) is 119 cm³/mol. The molecule has 0 amide bonds. The fraction of sp³-hybridized carbons (Fsp3) is 0.280. The molecule has 1 unspecified atom stereocenters. The molecule has 0 N–H and O–H groups in total. The third-order valence-corrected chi connectivity index (χ3v) is 5.71. The summed E-state index contributed by atoms with van der Waals surface area (Å²) < 4.78 is 16.8. The third-order valence-electron chi connectivity index (χ3n) is 5.71. The molecule has 1 aliphatic rings. The molecule has 32 heavy (non-hydrogen) atoms. The Morgan fingerprint density at radius 1 is 0.844 bits per heavy atom. The lowest BCUT2D eigenvalue weighted by Crippen LogP contribution is -2.24. The van der Waals surface area contributed by atoms with E-state index in [2.05, 4.69) is 63.4 Å². The van der Waals surface area contributed by atoms with Crippen molar-refractivity contribution in [2.75, 3.05) is 0 Å². The van der Waals surface area contributed by atoms with Gasteiger partial charge < -0.3 is 14.0 Å². The highest BCUT2D eigenvalue weighted by Crippen LogP contribution is 2.30. The van der Waals surface area contributed by atoms with Crippen LogP contribution in [0.25, 0.3) is 11.6 Å². The maximum Gasteiger partial charge on any atom is 0.240 e. The lowest BCUT2D eigenvalue weighted by Gasteiger charge is -2.26. The Balaban J connectivity index is 1.21. The van der Waals surface area contributed by atoms with Crippen molar-refractivity contribution in [2.45, 2.75) is 45.1 Å². The molecule has 5 rings (SSSR count). The van der Waals surface area contributed by atoms with E-state index in [1.54, 1.807) is 19.3 Å². The highest BCUT2D eigenvalue weighted by atomic mass is 16.5. The number of rotatable bonds is 7. The first kappa shape index (κ1) is 20.2. The Labute approximate surface area is 186 Å². The number of aromatic nitrogens is 4. The summed E-state index contributed by atoms with van der Waals surface area (Å²) in [5.41, 5.74) is 2.46. The quantitative estimate of drug-likeness (QED) is 0.373. The molecule has 7 heteroatoms. The topological polar surface area (TPSA) is 83.2 Å². The molecule has 2 aromatic heterocycles. The fourth-order valence-electron chi connectivity index (χ4n) is 3.54. The molecular weight excluding hydrogens is 404 g/mol. The van der Waals surface area contributed by atoms with Gasteiger partial charge in [0.25, 0.3) is 0 Å². The van der Waals surface area contributed by atoms with Gasteiger partial charge in [-0.05, 0) is 54.7 Å². The molecule has 1 fully saturated rings. The standard InChI is InChI=1S/C25H24N4O3/c1-16(18-6-10-21(11-7-18)30-20-4-3-5-20)19-8-12-22(13-9-19)31-23-14-26-24(27-15-23)25-28-17(2)32-29-25/h6-16,20H,3-5H2,1-2H3. The average Bonchev–Trinajstić information content (AvgIpc) is 3.23. The van der Waals surface area contributed by atoms with Crippen molar-refractivity contribution < 1.29 is 14.0 Å². The molecule has 0 bridgehead atoms. The normalized spacial score (nSPS) is 14.6. The van der Waals surface area contributed by atoms with Crippen LogP contribution in [-0.4, -0.2) is 26.2 Å². The van der Waals surface area contributed by atoms with Gasteiger partial charge in [0.05, 0.1) is 18.5 Å². The Hall–Kier alpha value is -3.74. The second kappa shape index (κ2) is 8.78. The van der Waals surface area contributed by atoms with Crippen molar-refractivity contribution in [1.29, 1.82) is 0 Å². The van der Waals surface area contributed by atoms with Crippen LogP contribution in [-0.2, 0) is 0 Å². The molecule has 0 aliphatic heterocycles. The molecule has 0 spiro atoms. The van der Waals surface area contributed by atoms with E-state index in [0.29, 0.717) is 29.4 Å². The van der Waals surface area contributed by atoms with Crippen LogP contribution < -0.4 is 9.47 Å². The van der Waals surface area contributed by atoms with Crippen LogP contribution in [0.4, 0.5) is 0 Å². The van der Waals surface area contributed by atoms with Crippen molar-refractivity contribution in [1.82, 2.24) is 20.1 Å². The smallest absolute Gasteiger partial charge is 0.240 e. The third kappa shape index (κ3) is 4.46.